The van der Waals surface area contributed by atoms with E-state index in [4.69, 9.17) is 23.2 Å². The van der Waals surface area contributed by atoms with Crippen molar-refractivity contribution in [3.8, 4) is 0 Å². The van der Waals surface area contributed by atoms with Crippen LogP contribution in [-0.4, -0.2) is 18.2 Å². The smallest absolute Gasteiger partial charge is 0.0895 e. The Balaban J connectivity index is 2.64. The summed E-state index contributed by atoms with van der Waals surface area (Å²) in [5.41, 5.74) is -0.283. The van der Waals surface area contributed by atoms with E-state index in [0.29, 0.717) is 27.9 Å². The molecule has 0 saturated carbocycles. The Morgan fingerprint density at radius 3 is 2.61 bits per heavy atom. The fourth-order valence-corrected chi connectivity index (χ4v) is 2.26. The van der Waals surface area contributed by atoms with Gasteiger partial charge >= 0.3 is 0 Å². The van der Waals surface area contributed by atoms with Gasteiger partial charge in [-0.15, -0.1) is 0 Å². The van der Waals surface area contributed by atoms with Crippen molar-refractivity contribution in [2.75, 3.05) is 13.1 Å². The first-order valence-corrected chi connectivity index (χ1v) is 6.97. The Hall–Kier alpha value is -0.280. The lowest BCUT2D eigenvalue weighted by Crippen LogP contribution is -2.29. The van der Waals surface area contributed by atoms with Crippen molar-refractivity contribution in [2.24, 2.45) is 5.92 Å². The highest BCUT2D eigenvalue weighted by molar-refractivity contribution is 6.33. The van der Waals surface area contributed by atoms with Gasteiger partial charge in [0.1, 0.15) is 0 Å². The highest BCUT2D eigenvalue weighted by Gasteiger charge is 2.25. The van der Waals surface area contributed by atoms with Crippen LogP contribution in [0.25, 0.3) is 0 Å². The molecule has 102 valence electrons. The van der Waals surface area contributed by atoms with Gasteiger partial charge < -0.3 is 10.4 Å². The van der Waals surface area contributed by atoms with Crippen LogP contribution in [0, 0.1) is 5.92 Å². The molecule has 0 aromatic heterocycles. The van der Waals surface area contributed by atoms with Gasteiger partial charge in [0.05, 0.1) is 5.60 Å². The van der Waals surface area contributed by atoms with Gasteiger partial charge in [0.15, 0.2) is 0 Å². The minimum Gasteiger partial charge on any atom is -0.385 e. The Labute approximate surface area is 119 Å². The number of nitrogens with one attached hydrogen (secondary N) is 1. The van der Waals surface area contributed by atoms with E-state index in [0.717, 1.165) is 13.1 Å². The predicted molar refractivity (Wildman–Crippen MR) is 78.4 cm³/mol. The van der Waals surface area contributed by atoms with E-state index < -0.39 is 5.60 Å². The zero-order chi connectivity index (χ0) is 13.8. The Morgan fingerprint density at radius 1 is 1.33 bits per heavy atom. The molecule has 0 radical (unpaired) electrons. The van der Waals surface area contributed by atoms with Crippen LogP contribution in [0.1, 0.15) is 32.8 Å². The zero-order valence-corrected chi connectivity index (χ0v) is 12.6. The summed E-state index contributed by atoms with van der Waals surface area (Å²) in [7, 11) is 0. The van der Waals surface area contributed by atoms with Gasteiger partial charge in [-0.3, -0.25) is 0 Å². The largest absolute Gasteiger partial charge is 0.385 e. The highest BCUT2D eigenvalue weighted by atomic mass is 35.5. The van der Waals surface area contributed by atoms with Crippen molar-refractivity contribution in [1.29, 1.82) is 0 Å². The summed E-state index contributed by atoms with van der Waals surface area (Å²) in [5, 5.41) is 14.9. The Morgan fingerprint density at radius 2 is 2.00 bits per heavy atom. The van der Waals surface area contributed by atoms with E-state index in [1.807, 2.05) is 0 Å². The summed E-state index contributed by atoms with van der Waals surface area (Å²) >= 11 is 12.0. The number of rotatable bonds is 6. The highest BCUT2D eigenvalue weighted by Crippen LogP contribution is 2.32. The summed E-state index contributed by atoms with van der Waals surface area (Å²) in [6.45, 7) is 7.76. The predicted octanol–water partition coefficient (Wildman–Crippen LogP) is 3.84. The van der Waals surface area contributed by atoms with Crippen molar-refractivity contribution in [2.45, 2.75) is 32.8 Å². The van der Waals surface area contributed by atoms with Crippen molar-refractivity contribution in [1.82, 2.24) is 5.32 Å². The van der Waals surface area contributed by atoms with Crippen LogP contribution in [0.5, 0.6) is 0 Å². The van der Waals surface area contributed by atoms with Crippen molar-refractivity contribution in [3.63, 3.8) is 0 Å². The summed E-state index contributed by atoms with van der Waals surface area (Å²) < 4.78 is 0. The van der Waals surface area contributed by atoms with Crippen LogP contribution < -0.4 is 5.32 Å². The average Bonchev–Trinajstić information content (AvgIpc) is 2.27. The Kier molecular flexibility index (Phi) is 5.93. The molecular formula is C14H21Cl2NO. The standard InChI is InChI=1S/C14H21Cl2NO/c1-10(2)9-17-7-6-14(3,18)12-8-11(15)4-5-13(12)16/h4-5,8,10,17-18H,6-7,9H2,1-3H3. The van der Waals surface area contributed by atoms with Gasteiger partial charge in [0, 0.05) is 15.6 Å². The van der Waals surface area contributed by atoms with E-state index in [9.17, 15) is 5.11 Å². The number of halogens is 2. The molecular weight excluding hydrogens is 269 g/mol. The molecule has 1 aromatic carbocycles. The summed E-state index contributed by atoms with van der Waals surface area (Å²) in [6.07, 6.45) is 0.597. The average molecular weight is 290 g/mol. The second-order valence-corrected chi connectivity index (χ2v) is 6.09. The first-order valence-electron chi connectivity index (χ1n) is 6.21. The fraction of sp³-hybridized carbons (Fsp3) is 0.571. The quantitative estimate of drug-likeness (QED) is 0.780. The van der Waals surface area contributed by atoms with Crippen LogP contribution in [0.4, 0.5) is 0 Å². The van der Waals surface area contributed by atoms with E-state index in [2.05, 4.69) is 19.2 Å². The molecule has 0 aliphatic rings. The molecule has 4 heteroatoms. The van der Waals surface area contributed by atoms with Crippen molar-refractivity contribution >= 4 is 23.2 Å². The van der Waals surface area contributed by atoms with Gasteiger partial charge in [-0.2, -0.15) is 0 Å². The van der Waals surface area contributed by atoms with Crippen molar-refractivity contribution in [3.05, 3.63) is 33.8 Å². The lowest BCUT2D eigenvalue weighted by molar-refractivity contribution is 0.0480. The molecule has 1 rings (SSSR count). The van der Waals surface area contributed by atoms with Crippen LogP contribution in [0.3, 0.4) is 0 Å². The first-order chi connectivity index (χ1) is 8.33. The molecule has 18 heavy (non-hydrogen) atoms. The van der Waals surface area contributed by atoms with Gasteiger partial charge in [-0.25, -0.2) is 0 Å². The number of hydrogen-bond acceptors (Lipinski definition) is 2. The zero-order valence-electron chi connectivity index (χ0n) is 11.1. The maximum atomic E-state index is 10.5. The molecule has 2 N–H and O–H groups in total. The third-order valence-corrected chi connectivity index (χ3v) is 3.41. The second kappa shape index (κ2) is 6.76. The van der Waals surface area contributed by atoms with Crippen LogP contribution in [0.15, 0.2) is 18.2 Å². The lowest BCUT2D eigenvalue weighted by atomic mass is 9.92. The topological polar surface area (TPSA) is 32.3 Å². The molecule has 0 amide bonds. The number of benzene rings is 1. The van der Waals surface area contributed by atoms with E-state index >= 15 is 0 Å². The monoisotopic (exact) mass is 289 g/mol. The molecule has 1 unspecified atom stereocenters. The van der Waals surface area contributed by atoms with Gasteiger partial charge in [0.25, 0.3) is 0 Å². The van der Waals surface area contributed by atoms with Gasteiger partial charge in [-0.05, 0) is 50.6 Å². The molecule has 1 aromatic rings. The third kappa shape index (κ3) is 4.77. The third-order valence-electron chi connectivity index (χ3n) is 2.85. The maximum absolute atomic E-state index is 10.5. The molecule has 0 spiro atoms. The summed E-state index contributed by atoms with van der Waals surface area (Å²) in [6, 6.07) is 5.17. The molecule has 0 aliphatic carbocycles. The second-order valence-electron chi connectivity index (χ2n) is 5.25. The van der Waals surface area contributed by atoms with Gasteiger partial charge in [0.2, 0.25) is 0 Å². The van der Waals surface area contributed by atoms with E-state index in [1.165, 1.54) is 0 Å². The molecule has 0 heterocycles. The summed E-state index contributed by atoms with van der Waals surface area (Å²) in [4.78, 5) is 0. The molecule has 0 saturated heterocycles. The lowest BCUT2D eigenvalue weighted by Gasteiger charge is -2.25. The van der Waals surface area contributed by atoms with Crippen molar-refractivity contribution < 1.29 is 5.11 Å². The normalized spacial score (nSPS) is 14.8. The molecule has 1 atom stereocenters. The van der Waals surface area contributed by atoms with E-state index in [1.54, 1.807) is 25.1 Å². The number of aliphatic hydroxyl groups is 1. The van der Waals surface area contributed by atoms with E-state index in [-0.39, 0.29) is 0 Å². The summed E-state index contributed by atoms with van der Waals surface area (Å²) in [5.74, 6) is 0.602. The maximum Gasteiger partial charge on any atom is 0.0895 e. The van der Waals surface area contributed by atoms with Gasteiger partial charge in [-0.1, -0.05) is 37.0 Å². The van der Waals surface area contributed by atoms with Crippen LogP contribution >= 0.6 is 23.2 Å². The fourth-order valence-electron chi connectivity index (χ4n) is 1.77. The van der Waals surface area contributed by atoms with Crippen LogP contribution in [0.2, 0.25) is 10.0 Å². The Bertz CT molecular complexity index is 391. The molecule has 2 nitrogen and oxygen atoms in total. The molecule has 0 aliphatic heterocycles. The van der Waals surface area contributed by atoms with Crippen LogP contribution in [-0.2, 0) is 5.60 Å². The minimum absolute atomic E-state index is 0.549. The first kappa shape index (κ1) is 15.8. The number of hydrogen-bond donors (Lipinski definition) is 2. The SMILES string of the molecule is CC(C)CNCCC(C)(O)c1cc(Cl)ccc1Cl. The molecule has 0 fully saturated rings. The minimum atomic E-state index is -0.966. The molecule has 0 bridgehead atoms.